The zero-order valence-electron chi connectivity index (χ0n) is 8.73. The van der Waals surface area contributed by atoms with Gasteiger partial charge in [0.1, 0.15) is 0 Å². The van der Waals surface area contributed by atoms with Gasteiger partial charge in [0.2, 0.25) is 10.0 Å². The van der Waals surface area contributed by atoms with Gasteiger partial charge in [0.25, 0.3) is 0 Å². The van der Waals surface area contributed by atoms with Gasteiger partial charge in [-0.05, 0) is 24.6 Å². The average molecular weight is 228 g/mol. The van der Waals surface area contributed by atoms with Gasteiger partial charge in [-0.2, -0.15) is 0 Å². The first-order chi connectivity index (χ1) is 7.04. The molecule has 0 spiro atoms. The molecule has 3 N–H and O–H groups in total. The lowest BCUT2D eigenvalue weighted by atomic mass is 10.3. The summed E-state index contributed by atoms with van der Waals surface area (Å²) in [5, 5.41) is 8.16. The van der Waals surface area contributed by atoms with E-state index in [2.05, 4.69) is 12.2 Å². The second-order valence-corrected chi connectivity index (χ2v) is 4.91. The van der Waals surface area contributed by atoms with E-state index in [-0.39, 0.29) is 4.90 Å². The molecule has 0 fully saturated rings. The van der Waals surface area contributed by atoms with Crippen molar-refractivity contribution in [3.05, 3.63) is 24.3 Å². The molecule has 0 aliphatic carbocycles. The lowest BCUT2D eigenvalue weighted by Gasteiger charge is -2.06. The van der Waals surface area contributed by atoms with Crippen LogP contribution in [0.3, 0.4) is 0 Å². The third-order valence-electron chi connectivity index (χ3n) is 2.02. The summed E-state index contributed by atoms with van der Waals surface area (Å²) in [5.74, 6) is 0. The highest BCUT2D eigenvalue weighted by atomic mass is 32.2. The standard InChI is InChI=1S/C10H16N2O2S/c1-2-3-7-12-9-5-4-6-10(8-9)15(11,13)14/h4-6,8,12H,2-3,7H2,1H3,(H2,11,13,14). The zero-order valence-corrected chi connectivity index (χ0v) is 9.55. The zero-order chi connectivity index (χ0) is 11.3. The molecular formula is C10H16N2O2S. The van der Waals surface area contributed by atoms with E-state index in [1.165, 1.54) is 6.07 Å². The monoisotopic (exact) mass is 228 g/mol. The molecule has 0 aliphatic rings. The molecule has 4 nitrogen and oxygen atoms in total. The number of sulfonamides is 1. The molecule has 84 valence electrons. The van der Waals surface area contributed by atoms with E-state index in [0.717, 1.165) is 25.1 Å². The summed E-state index contributed by atoms with van der Waals surface area (Å²) in [6.07, 6.45) is 2.15. The van der Waals surface area contributed by atoms with Crippen molar-refractivity contribution in [2.24, 2.45) is 5.14 Å². The van der Waals surface area contributed by atoms with Crippen molar-refractivity contribution in [2.75, 3.05) is 11.9 Å². The molecule has 0 saturated carbocycles. The van der Waals surface area contributed by atoms with Gasteiger partial charge in [0, 0.05) is 12.2 Å². The number of unbranched alkanes of at least 4 members (excludes halogenated alkanes) is 1. The predicted molar refractivity (Wildman–Crippen MR) is 61.2 cm³/mol. The maximum absolute atomic E-state index is 11.1. The van der Waals surface area contributed by atoms with Crippen LogP contribution in [0.2, 0.25) is 0 Å². The Hall–Kier alpha value is -1.07. The molecule has 0 bridgehead atoms. The summed E-state index contributed by atoms with van der Waals surface area (Å²) in [6.45, 7) is 2.94. The van der Waals surface area contributed by atoms with Crippen LogP contribution in [-0.2, 0) is 10.0 Å². The van der Waals surface area contributed by atoms with Crippen LogP contribution in [0.5, 0.6) is 0 Å². The topological polar surface area (TPSA) is 72.2 Å². The first-order valence-corrected chi connectivity index (χ1v) is 6.45. The van der Waals surface area contributed by atoms with Crippen molar-refractivity contribution < 1.29 is 8.42 Å². The van der Waals surface area contributed by atoms with Crippen LogP contribution in [0.15, 0.2) is 29.2 Å². The molecule has 0 aliphatic heterocycles. The van der Waals surface area contributed by atoms with Crippen molar-refractivity contribution in [3.8, 4) is 0 Å². The van der Waals surface area contributed by atoms with Gasteiger partial charge in [-0.15, -0.1) is 0 Å². The second-order valence-electron chi connectivity index (χ2n) is 3.35. The molecule has 0 saturated heterocycles. The number of hydrogen-bond acceptors (Lipinski definition) is 3. The minimum atomic E-state index is -3.60. The minimum Gasteiger partial charge on any atom is -0.385 e. The number of nitrogens with two attached hydrogens (primary N) is 1. The normalized spacial score (nSPS) is 11.3. The number of anilines is 1. The van der Waals surface area contributed by atoms with Gasteiger partial charge in [0.15, 0.2) is 0 Å². The third kappa shape index (κ3) is 3.89. The van der Waals surface area contributed by atoms with E-state index in [4.69, 9.17) is 5.14 Å². The molecule has 0 unspecified atom stereocenters. The van der Waals surface area contributed by atoms with Crippen LogP contribution in [0.4, 0.5) is 5.69 Å². The van der Waals surface area contributed by atoms with Crippen molar-refractivity contribution >= 4 is 15.7 Å². The molecule has 1 aromatic rings. The van der Waals surface area contributed by atoms with Crippen molar-refractivity contribution in [2.45, 2.75) is 24.7 Å². The summed E-state index contributed by atoms with van der Waals surface area (Å²) in [4.78, 5) is 0.143. The summed E-state index contributed by atoms with van der Waals surface area (Å²) >= 11 is 0. The Bertz CT molecular complexity index is 415. The largest absolute Gasteiger partial charge is 0.385 e. The van der Waals surface area contributed by atoms with Gasteiger partial charge in [-0.1, -0.05) is 19.4 Å². The minimum absolute atomic E-state index is 0.143. The van der Waals surface area contributed by atoms with Crippen LogP contribution in [0.1, 0.15) is 19.8 Å². The van der Waals surface area contributed by atoms with Crippen LogP contribution in [-0.4, -0.2) is 15.0 Å². The molecule has 15 heavy (non-hydrogen) atoms. The van der Waals surface area contributed by atoms with E-state index in [1.54, 1.807) is 12.1 Å². The van der Waals surface area contributed by atoms with Crippen molar-refractivity contribution in [1.82, 2.24) is 0 Å². The van der Waals surface area contributed by atoms with Crippen LogP contribution >= 0.6 is 0 Å². The lowest BCUT2D eigenvalue weighted by Crippen LogP contribution is -2.12. The highest BCUT2D eigenvalue weighted by Gasteiger charge is 2.07. The maximum atomic E-state index is 11.1. The molecule has 1 aromatic carbocycles. The quantitative estimate of drug-likeness (QED) is 0.751. The Morgan fingerprint density at radius 1 is 1.40 bits per heavy atom. The number of rotatable bonds is 5. The van der Waals surface area contributed by atoms with E-state index >= 15 is 0 Å². The molecule has 0 aromatic heterocycles. The average Bonchev–Trinajstić information content (AvgIpc) is 2.17. The highest BCUT2D eigenvalue weighted by molar-refractivity contribution is 7.89. The van der Waals surface area contributed by atoms with Gasteiger partial charge in [0.05, 0.1) is 4.90 Å². The number of benzene rings is 1. The van der Waals surface area contributed by atoms with Gasteiger partial charge >= 0.3 is 0 Å². The molecule has 0 radical (unpaired) electrons. The smallest absolute Gasteiger partial charge is 0.238 e. The number of hydrogen-bond donors (Lipinski definition) is 2. The lowest BCUT2D eigenvalue weighted by molar-refractivity contribution is 0.598. The molecular weight excluding hydrogens is 212 g/mol. The molecule has 1 rings (SSSR count). The summed E-state index contributed by atoms with van der Waals surface area (Å²) in [6, 6.07) is 6.53. The summed E-state index contributed by atoms with van der Waals surface area (Å²) < 4.78 is 22.1. The first kappa shape index (κ1) is 12.0. The van der Waals surface area contributed by atoms with Crippen LogP contribution < -0.4 is 10.5 Å². The summed E-state index contributed by atoms with van der Waals surface area (Å²) in [7, 11) is -3.60. The maximum Gasteiger partial charge on any atom is 0.238 e. The number of primary sulfonamides is 1. The van der Waals surface area contributed by atoms with Gasteiger partial charge < -0.3 is 5.32 Å². The molecule has 0 atom stereocenters. The third-order valence-corrected chi connectivity index (χ3v) is 2.93. The fourth-order valence-electron chi connectivity index (χ4n) is 1.19. The summed E-state index contributed by atoms with van der Waals surface area (Å²) in [5.41, 5.74) is 0.787. The van der Waals surface area contributed by atoms with E-state index in [1.807, 2.05) is 6.07 Å². The molecule has 0 amide bonds. The van der Waals surface area contributed by atoms with E-state index in [0.29, 0.717) is 0 Å². The fraction of sp³-hybridized carbons (Fsp3) is 0.400. The van der Waals surface area contributed by atoms with Crippen molar-refractivity contribution in [3.63, 3.8) is 0 Å². The van der Waals surface area contributed by atoms with E-state index in [9.17, 15) is 8.42 Å². The molecule has 0 heterocycles. The number of nitrogens with one attached hydrogen (secondary N) is 1. The first-order valence-electron chi connectivity index (χ1n) is 4.91. The molecule has 5 heteroatoms. The Balaban J connectivity index is 2.75. The second kappa shape index (κ2) is 5.14. The Morgan fingerprint density at radius 3 is 2.73 bits per heavy atom. The van der Waals surface area contributed by atoms with Crippen LogP contribution in [0, 0.1) is 0 Å². The van der Waals surface area contributed by atoms with Crippen LogP contribution in [0.25, 0.3) is 0 Å². The Morgan fingerprint density at radius 2 is 2.13 bits per heavy atom. The Kier molecular flexibility index (Phi) is 4.11. The van der Waals surface area contributed by atoms with Crippen molar-refractivity contribution in [1.29, 1.82) is 0 Å². The fourth-order valence-corrected chi connectivity index (χ4v) is 1.75. The van der Waals surface area contributed by atoms with E-state index < -0.39 is 10.0 Å². The SMILES string of the molecule is CCCCNc1cccc(S(N)(=O)=O)c1. The van der Waals surface area contributed by atoms with Gasteiger partial charge in [-0.3, -0.25) is 0 Å². The Labute approximate surface area is 90.5 Å². The highest BCUT2D eigenvalue weighted by Crippen LogP contribution is 2.13. The van der Waals surface area contributed by atoms with Gasteiger partial charge in [-0.25, -0.2) is 13.6 Å². The predicted octanol–water partition coefficient (Wildman–Crippen LogP) is 1.55.